The summed E-state index contributed by atoms with van der Waals surface area (Å²) in [6, 6.07) is 0. The number of nitrogens with zero attached hydrogens (tertiary/aromatic N) is 3. The number of aromatic nitrogens is 4. The van der Waals surface area contributed by atoms with E-state index in [2.05, 4.69) is 25.5 Å². The number of amides is 1. The van der Waals surface area contributed by atoms with Crippen LogP contribution in [0.1, 0.15) is 10.6 Å². The summed E-state index contributed by atoms with van der Waals surface area (Å²) >= 11 is 2.56. The highest BCUT2D eigenvalue weighted by Gasteiger charge is 2.08. The molecule has 0 fully saturated rings. The zero-order valence-corrected chi connectivity index (χ0v) is 11.9. The predicted molar refractivity (Wildman–Crippen MR) is 73.6 cm³/mol. The number of H-pyrrole nitrogens is 1. The van der Waals surface area contributed by atoms with Crippen molar-refractivity contribution >= 4 is 34.1 Å². The van der Waals surface area contributed by atoms with Crippen LogP contribution < -0.4 is 11.0 Å². The van der Waals surface area contributed by atoms with Gasteiger partial charge in [-0.3, -0.25) is 10.1 Å². The zero-order valence-electron chi connectivity index (χ0n) is 10.3. The molecule has 0 aliphatic rings. The highest BCUT2D eigenvalue weighted by molar-refractivity contribution is 8.00. The first-order valence-corrected chi connectivity index (χ1v) is 7.13. The molecule has 1 amide bonds. The maximum atomic E-state index is 11.7. The lowest BCUT2D eigenvalue weighted by molar-refractivity contribution is -0.113. The van der Waals surface area contributed by atoms with Crippen LogP contribution in [0, 0.1) is 13.8 Å². The molecule has 2 N–H and O–H groups in total. The van der Waals surface area contributed by atoms with E-state index in [1.54, 1.807) is 0 Å². The molecule has 19 heavy (non-hydrogen) atoms. The first-order chi connectivity index (χ1) is 9.04. The van der Waals surface area contributed by atoms with Crippen molar-refractivity contribution in [1.29, 1.82) is 0 Å². The van der Waals surface area contributed by atoms with Crippen LogP contribution in [0.3, 0.4) is 0 Å². The molecule has 7 nitrogen and oxygen atoms in total. The zero-order chi connectivity index (χ0) is 13.8. The van der Waals surface area contributed by atoms with Gasteiger partial charge in [-0.25, -0.2) is 9.78 Å². The van der Waals surface area contributed by atoms with E-state index in [1.807, 2.05) is 13.8 Å². The first-order valence-electron chi connectivity index (χ1n) is 5.33. The number of carbonyl (C=O) groups is 1. The second-order valence-corrected chi connectivity index (χ2v) is 5.83. The second kappa shape index (κ2) is 5.93. The molecule has 0 radical (unpaired) electrons. The van der Waals surface area contributed by atoms with Crippen molar-refractivity contribution in [3.05, 3.63) is 27.3 Å². The first kappa shape index (κ1) is 13.7. The Morgan fingerprint density at radius 1 is 1.47 bits per heavy atom. The van der Waals surface area contributed by atoms with Crippen LogP contribution in [0.5, 0.6) is 0 Å². The Labute approximate surface area is 116 Å². The van der Waals surface area contributed by atoms with E-state index in [0.29, 0.717) is 10.2 Å². The van der Waals surface area contributed by atoms with E-state index in [4.69, 9.17) is 0 Å². The molecule has 0 aromatic carbocycles. The Morgan fingerprint density at radius 3 is 2.95 bits per heavy atom. The normalized spacial score (nSPS) is 10.4. The third-order valence-electron chi connectivity index (χ3n) is 2.07. The Morgan fingerprint density at radius 2 is 2.26 bits per heavy atom. The molecule has 9 heteroatoms. The molecule has 2 aromatic rings. The minimum atomic E-state index is -0.423. The van der Waals surface area contributed by atoms with Crippen LogP contribution in [-0.4, -0.2) is 31.8 Å². The summed E-state index contributed by atoms with van der Waals surface area (Å²) in [6.45, 7) is 3.63. The minimum Gasteiger partial charge on any atom is -0.300 e. The van der Waals surface area contributed by atoms with E-state index in [9.17, 15) is 9.59 Å². The van der Waals surface area contributed by atoms with E-state index < -0.39 is 5.69 Å². The van der Waals surface area contributed by atoms with Gasteiger partial charge in [0, 0.05) is 6.20 Å². The lowest BCUT2D eigenvalue weighted by atomic mass is 10.4. The lowest BCUT2D eigenvalue weighted by Gasteiger charge is -2.03. The fourth-order valence-corrected chi connectivity index (χ4v) is 2.63. The van der Waals surface area contributed by atoms with Gasteiger partial charge in [0.15, 0.2) is 0 Å². The SMILES string of the molecule is Cc1nnc(NC(=O)CSc2[nH]c(=O)ncc2C)s1. The third-order valence-corrected chi connectivity index (χ3v) is 3.95. The molecule has 100 valence electrons. The number of nitrogens with one attached hydrogen (secondary N) is 2. The highest BCUT2D eigenvalue weighted by Crippen LogP contribution is 2.18. The van der Waals surface area contributed by atoms with Gasteiger partial charge in [0.05, 0.1) is 10.8 Å². The summed E-state index contributed by atoms with van der Waals surface area (Å²) in [5.41, 5.74) is 0.400. The van der Waals surface area contributed by atoms with Gasteiger partial charge in [0.25, 0.3) is 0 Å². The molecule has 2 rings (SSSR count). The lowest BCUT2D eigenvalue weighted by Crippen LogP contribution is -2.16. The summed E-state index contributed by atoms with van der Waals surface area (Å²) in [6.07, 6.45) is 1.48. The van der Waals surface area contributed by atoms with Crippen LogP contribution in [0.4, 0.5) is 5.13 Å². The topological polar surface area (TPSA) is 101 Å². The van der Waals surface area contributed by atoms with Crippen LogP contribution >= 0.6 is 23.1 Å². The molecule has 0 aliphatic carbocycles. The van der Waals surface area contributed by atoms with Gasteiger partial charge < -0.3 is 4.98 Å². The Hall–Kier alpha value is -1.74. The standard InChI is InChI=1S/C10H11N5O2S2/c1-5-3-11-9(17)13-8(5)18-4-7(16)12-10-15-14-6(2)19-10/h3H,4H2,1-2H3,(H,11,13,17)(H,12,15,16). The van der Waals surface area contributed by atoms with E-state index >= 15 is 0 Å². The number of aromatic amines is 1. The maximum absolute atomic E-state index is 11.7. The van der Waals surface area contributed by atoms with Gasteiger partial charge >= 0.3 is 5.69 Å². The van der Waals surface area contributed by atoms with E-state index in [0.717, 1.165) is 10.6 Å². The van der Waals surface area contributed by atoms with Crippen LogP contribution in [0.2, 0.25) is 0 Å². The fourth-order valence-electron chi connectivity index (χ4n) is 1.23. The number of rotatable bonds is 4. The average molecular weight is 297 g/mol. The van der Waals surface area contributed by atoms with Crippen LogP contribution in [0.25, 0.3) is 0 Å². The molecule has 0 saturated carbocycles. The number of hydrogen-bond donors (Lipinski definition) is 2. The van der Waals surface area contributed by atoms with Gasteiger partial charge in [-0.15, -0.1) is 10.2 Å². The van der Waals surface area contributed by atoms with Crippen molar-refractivity contribution in [3.8, 4) is 0 Å². The third kappa shape index (κ3) is 3.86. The molecule has 2 heterocycles. The van der Waals surface area contributed by atoms with Gasteiger partial charge in [0.1, 0.15) is 5.01 Å². The average Bonchev–Trinajstić information content (AvgIpc) is 2.76. The number of carbonyl (C=O) groups excluding carboxylic acids is 1. The molecular weight excluding hydrogens is 286 g/mol. The molecule has 0 atom stereocenters. The molecule has 0 bridgehead atoms. The molecule has 2 aromatic heterocycles. The largest absolute Gasteiger partial charge is 0.345 e. The number of hydrogen-bond acceptors (Lipinski definition) is 7. The quantitative estimate of drug-likeness (QED) is 0.644. The van der Waals surface area contributed by atoms with Crippen molar-refractivity contribution in [2.45, 2.75) is 18.9 Å². The number of thioether (sulfide) groups is 1. The van der Waals surface area contributed by atoms with Crippen molar-refractivity contribution in [2.24, 2.45) is 0 Å². The van der Waals surface area contributed by atoms with Crippen molar-refractivity contribution in [2.75, 3.05) is 11.1 Å². The fraction of sp³-hybridized carbons (Fsp3) is 0.300. The maximum Gasteiger partial charge on any atom is 0.345 e. The molecule has 0 unspecified atom stereocenters. The van der Waals surface area contributed by atoms with Crippen molar-refractivity contribution < 1.29 is 4.79 Å². The summed E-state index contributed by atoms with van der Waals surface area (Å²) in [5.74, 6) is -0.0161. The monoisotopic (exact) mass is 297 g/mol. The summed E-state index contributed by atoms with van der Waals surface area (Å²) in [5, 5.41) is 12.2. The summed E-state index contributed by atoms with van der Waals surface area (Å²) in [4.78, 5) is 29.0. The minimum absolute atomic E-state index is 0.180. The van der Waals surface area contributed by atoms with Gasteiger partial charge in [-0.1, -0.05) is 23.1 Å². The second-order valence-electron chi connectivity index (χ2n) is 3.66. The summed E-state index contributed by atoms with van der Waals surface area (Å²) in [7, 11) is 0. The van der Waals surface area contributed by atoms with Gasteiger partial charge in [0.2, 0.25) is 11.0 Å². The number of aryl methyl sites for hydroxylation is 2. The Bertz CT molecular complexity index is 651. The van der Waals surface area contributed by atoms with Crippen molar-refractivity contribution in [3.63, 3.8) is 0 Å². The smallest absolute Gasteiger partial charge is 0.300 e. The number of anilines is 1. The van der Waals surface area contributed by atoms with E-state index in [-0.39, 0.29) is 11.7 Å². The van der Waals surface area contributed by atoms with Crippen molar-refractivity contribution in [1.82, 2.24) is 20.2 Å². The van der Waals surface area contributed by atoms with E-state index in [1.165, 1.54) is 29.3 Å². The van der Waals surface area contributed by atoms with Gasteiger partial charge in [-0.05, 0) is 19.4 Å². The molecule has 0 spiro atoms. The Balaban J connectivity index is 1.93. The van der Waals surface area contributed by atoms with Crippen LogP contribution in [0.15, 0.2) is 16.0 Å². The predicted octanol–water partition coefficient (Wildman–Crippen LogP) is 0.969. The Kier molecular flexibility index (Phi) is 4.27. The van der Waals surface area contributed by atoms with Gasteiger partial charge in [-0.2, -0.15) is 0 Å². The molecule has 0 saturated heterocycles. The van der Waals surface area contributed by atoms with Crippen LogP contribution in [-0.2, 0) is 4.79 Å². The summed E-state index contributed by atoms with van der Waals surface area (Å²) < 4.78 is 0. The molecular formula is C10H11N5O2S2. The highest BCUT2D eigenvalue weighted by atomic mass is 32.2. The molecule has 0 aliphatic heterocycles.